The molecule has 0 unspecified atom stereocenters. The van der Waals surface area contributed by atoms with Gasteiger partial charge in [0.1, 0.15) is 0 Å². The smallest absolute Gasteiger partial charge is 0.191 e. The summed E-state index contributed by atoms with van der Waals surface area (Å²) in [6.45, 7) is 10.7. The second kappa shape index (κ2) is 10.8. The fourth-order valence-electron chi connectivity index (χ4n) is 3.47. The molecule has 1 heterocycles. The van der Waals surface area contributed by atoms with E-state index in [4.69, 9.17) is 0 Å². The van der Waals surface area contributed by atoms with Crippen molar-refractivity contribution in [2.24, 2.45) is 4.99 Å². The lowest BCUT2D eigenvalue weighted by Gasteiger charge is -2.34. The van der Waals surface area contributed by atoms with E-state index in [2.05, 4.69) is 80.9 Å². The Morgan fingerprint density at radius 2 is 1.32 bits per heavy atom. The molecule has 28 heavy (non-hydrogen) atoms. The summed E-state index contributed by atoms with van der Waals surface area (Å²) in [5.41, 5.74) is 3.90. The van der Waals surface area contributed by atoms with Crippen molar-refractivity contribution in [2.45, 2.75) is 26.6 Å². The molecule has 5 heteroatoms. The van der Waals surface area contributed by atoms with Gasteiger partial charge in [0.05, 0.1) is 0 Å². The minimum Gasteiger partial charge on any atom is -0.352 e. The van der Waals surface area contributed by atoms with Crippen molar-refractivity contribution in [2.75, 3.05) is 39.8 Å². The van der Waals surface area contributed by atoms with E-state index in [-0.39, 0.29) is 0 Å². The highest BCUT2D eigenvalue weighted by atomic mass is 15.3. The van der Waals surface area contributed by atoms with Crippen LogP contribution in [0.1, 0.15) is 23.6 Å². The zero-order chi connectivity index (χ0) is 19.6. The van der Waals surface area contributed by atoms with E-state index in [1.807, 2.05) is 13.1 Å². The van der Waals surface area contributed by atoms with Crippen molar-refractivity contribution in [1.82, 2.24) is 20.4 Å². The molecule has 1 fully saturated rings. The molecule has 0 spiro atoms. The molecule has 2 N–H and O–H groups in total. The number of guanidine groups is 1. The van der Waals surface area contributed by atoms with Crippen LogP contribution in [-0.4, -0.2) is 55.5 Å². The average molecular weight is 380 g/mol. The van der Waals surface area contributed by atoms with Crippen LogP contribution in [-0.2, 0) is 19.6 Å². The van der Waals surface area contributed by atoms with Gasteiger partial charge in [0.15, 0.2) is 5.96 Å². The van der Waals surface area contributed by atoms with Crippen LogP contribution in [0.5, 0.6) is 0 Å². The van der Waals surface area contributed by atoms with Crippen molar-refractivity contribution in [3.8, 4) is 0 Å². The number of rotatable bonds is 7. The van der Waals surface area contributed by atoms with Crippen LogP contribution in [0, 0.1) is 0 Å². The van der Waals surface area contributed by atoms with Gasteiger partial charge in [-0.25, -0.2) is 0 Å². The van der Waals surface area contributed by atoms with Crippen molar-refractivity contribution < 1.29 is 0 Å². The Labute approximate surface area is 169 Å². The largest absolute Gasteiger partial charge is 0.352 e. The molecule has 150 valence electrons. The lowest BCUT2D eigenvalue weighted by Crippen LogP contribution is -2.45. The fourth-order valence-corrected chi connectivity index (χ4v) is 3.47. The van der Waals surface area contributed by atoms with Crippen LogP contribution in [0.4, 0.5) is 0 Å². The molecule has 0 aliphatic carbocycles. The van der Waals surface area contributed by atoms with E-state index in [9.17, 15) is 0 Å². The van der Waals surface area contributed by atoms with Crippen LogP contribution >= 0.6 is 0 Å². The molecule has 5 nitrogen and oxygen atoms in total. The first kappa shape index (κ1) is 20.4. The lowest BCUT2D eigenvalue weighted by molar-refractivity contribution is 0.132. The Kier molecular flexibility index (Phi) is 7.88. The number of aliphatic imine (C=N–C) groups is 1. The molecule has 0 saturated carbocycles. The summed E-state index contributed by atoms with van der Waals surface area (Å²) in [4.78, 5) is 9.38. The highest BCUT2D eigenvalue weighted by Gasteiger charge is 2.15. The minimum atomic E-state index is 0.768. The zero-order valence-electron chi connectivity index (χ0n) is 17.2. The van der Waals surface area contributed by atoms with Gasteiger partial charge in [0, 0.05) is 52.9 Å². The van der Waals surface area contributed by atoms with Crippen LogP contribution < -0.4 is 10.6 Å². The monoisotopic (exact) mass is 379 g/mol. The Bertz CT molecular complexity index is 718. The molecule has 2 aromatic carbocycles. The van der Waals surface area contributed by atoms with Gasteiger partial charge in [-0.15, -0.1) is 0 Å². The van der Waals surface area contributed by atoms with Gasteiger partial charge in [0.25, 0.3) is 0 Å². The van der Waals surface area contributed by atoms with E-state index in [1.54, 1.807) is 0 Å². The van der Waals surface area contributed by atoms with Crippen LogP contribution in [0.25, 0.3) is 0 Å². The number of likely N-dealkylation sites (N-methyl/N-ethyl adjacent to an activating group) is 1. The third-order valence-electron chi connectivity index (χ3n) is 5.33. The molecule has 0 amide bonds. The Morgan fingerprint density at radius 1 is 0.786 bits per heavy atom. The second-order valence-corrected chi connectivity index (χ2v) is 7.29. The van der Waals surface area contributed by atoms with Gasteiger partial charge in [-0.05, 0) is 23.2 Å². The molecule has 3 rings (SSSR count). The summed E-state index contributed by atoms with van der Waals surface area (Å²) in [6, 6.07) is 19.3. The van der Waals surface area contributed by atoms with Gasteiger partial charge in [-0.3, -0.25) is 9.89 Å². The normalized spacial score (nSPS) is 16.1. The van der Waals surface area contributed by atoms with E-state index < -0.39 is 0 Å². The Balaban J connectivity index is 1.42. The standard InChI is InChI=1S/C23H33N5/c1-3-27-13-15-28(16-14-27)19-22-11-9-21(10-12-22)18-26-23(24-2)25-17-20-7-5-4-6-8-20/h4-12H,3,13-19H2,1-2H3,(H2,24,25,26). The molecular weight excluding hydrogens is 346 g/mol. The van der Waals surface area contributed by atoms with Crippen LogP contribution in [0.3, 0.4) is 0 Å². The predicted molar refractivity (Wildman–Crippen MR) is 117 cm³/mol. The molecule has 0 atom stereocenters. The van der Waals surface area contributed by atoms with Gasteiger partial charge in [0.2, 0.25) is 0 Å². The van der Waals surface area contributed by atoms with Crippen LogP contribution in [0.15, 0.2) is 59.6 Å². The average Bonchev–Trinajstić information content (AvgIpc) is 2.76. The number of hydrogen-bond acceptors (Lipinski definition) is 3. The maximum Gasteiger partial charge on any atom is 0.191 e. The number of piperazine rings is 1. The van der Waals surface area contributed by atoms with E-state index in [0.717, 1.165) is 25.6 Å². The summed E-state index contributed by atoms with van der Waals surface area (Å²) in [7, 11) is 1.81. The fraction of sp³-hybridized carbons (Fsp3) is 0.435. The van der Waals surface area contributed by atoms with Crippen molar-refractivity contribution in [3.63, 3.8) is 0 Å². The van der Waals surface area contributed by atoms with Crippen LogP contribution in [0.2, 0.25) is 0 Å². The highest BCUT2D eigenvalue weighted by molar-refractivity contribution is 5.79. The summed E-state index contributed by atoms with van der Waals surface area (Å²) in [6.07, 6.45) is 0. The minimum absolute atomic E-state index is 0.768. The quantitative estimate of drug-likeness (QED) is 0.573. The second-order valence-electron chi connectivity index (χ2n) is 7.29. The first-order chi connectivity index (χ1) is 13.8. The summed E-state index contributed by atoms with van der Waals surface area (Å²) in [5.74, 6) is 0.821. The molecule has 0 radical (unpaired) electrons. The third kappa shape index (κ3) is 6.36. The van der Waals surface area contributed by atoms with Gasteiger partial charge >= 0.3 is 0 Å². The van der Waals surface area contributed by atoms with E-state index in [1.165, 1.54) is 49.4 Å². The number of benzene rings is 2. The molecule has 0 bridgehead atoms. The van der Waals surface area contributed by atoms with Crippen molar-refractivity contribution in [3.05, 3.63) is 71.3 Å². The Hall–Kier alpha value is -2.37. The lowest BCUT2D eigenvalue weighted by atomic mass is 10.1. The number of nitrogens with zero attached hydrogens (tertiary/aromatic N) is 3. The first-order valence-corrected chi connectivity index (χ1v) is 10.3. The number of hydrogen-bond donors (Lipinski definition) is 2. The van der Waals surface area contributed by atoms with E-state index in [0.29, 0.717) is 0 Å². The summed E-state index contributed by atoms with van der Waals surface area (Å²) in [5, 5.41) is 6.75. The highest BCUT2D eigenvalue weighted by Crippen LogP contribution is 2.10. The van der Waals surface area contributed by atoms with Gasteiger partial charge in [-0.2, -0.15) is 0 Å². The summed E-state index contributed by atoms with van der Waals surface area (Å²) < 4.78 is 0. The van der Waals surface area contributed by atoms with Crippen molar-refractivity contribution >= 4 is 5.96 Å². The first-order valence-electron chi connectivity index (χ1n) is 10.3. The molecular formula is C23H33N5. The molecule has 1 saturated heterocycles. The molecule has 2 aromatic rings. The zero-order valence-corrected chi connectivity index (χ0v) is 17.2. The SMILES string of the molecule is CCN1CCN(Cc2ccc(CNC(=NC)NCc3ccccc3)cc2)CC1. The number of nitrogens with one attached hydrogen (secondary N) is 2. The Morgan fingerprint density at radius 3 is 1.89 bits per heavy atom. The van der Waals surface area contributed by atoms with Crippen molar-refractivity contribution in [1.29, 1.82) is 0 Å². The molecule has 1 aliphatic rings. The topological polar surface area (TPSA) is 42.9 Å². The van der Waals surface area contributed by atoms with E-state index >= 15 is 0 Å². The summed E-state index contributed by atoms with van der Waals surface area (Å²) >= 11 is 0. The predicted octanol–water partition coefficient (Wildman–Crippen LogP) is 2.69. The maximum absolute atomic E-state index is 4.31. The van der Waals surface area contributed by atoms with Gasteiger partial charge < -0.3 is 15.5 Å². The maximum atomic E-state index is 4.31. The van der Waals surface area contributed by atoms with Gasteiger partial charge in [-0.1, -0.05) is 61.5 Å². The third-order valence-corrected chi connectivity index (χ3v) is 5.33. The molecule has 0 aromatic heterocycles. The molecule has 1 aliphatic heterocycles.